The van der Waals surface area contributed by atoms with Crippen molar-refractivity contribution in [3.8, 4) is 0 Å². The van der Waals surface area contributed by atoms with Gasteiger partial charge in [-0.25, -0.2) is 9.78 Å². The van der Waals surface area contributed by atoms with Crippen LogP contribution in [0.3, 0.4) is 0 Å². The van der Waals surface area contributed by atoms with Gasteiger partial charge in [-0.1, -0.05) is 0 Å². The van der Waals surface area contributed by atoms with Gasteiger partial charge in [-0.15, -0.1) is 0 Å². The summed E-state index contributed by atoms with van der Waals surface area (Å²) in [4.78, 5) is 18.5. The molecule has 0 aliphatic carbocycles. The van der Waals surface area contributed by atoms with E-state index in [0.29, 0.717) is 0 Å². The Morgan fingerprint density at radius 2 is 2.25 bits per heavy atom. The Bertz CT molecular complexity index is 434. The first-order chi connectivity index (χ1) is 7.58. The van der Waals surface area contributed by atoms with Gasteiger partial charge < -0.3 is 20.7 Å². The van der Waals surface area contributed by atoms with Gasteiger partial charge in [-0.3, -0.25) is 4.57 Å². The second kappa shape index (κ2) is 4.16. The van der Waals surface area contributed by atoms with Crippen LogP contribution in [0.1, 0.15) is 12.6 Å². The number of aliphatic hydroxyl groups excluding tert-OH is 2. The highest BCUT2D eigenvalue weighted by atomic mass is 16.5. The Balaban J connectivity index is 2.22. The lowest BCUT2D eigenvalue weighted by molar-refractivity contribution is -0.146. The summed E-state index contributed by atoms with van der Waals surface area (Å²) < 4.78 is 6.33. The zero-order valence-corrected chi connectivity index (χ0v) is 8.35. The molecule has 0 radical (unpaired) electrons. The maximum atomic E-state index is 11.4. The molecule has 1 aromatic heterocycles. The third kappa shape index (κ3) is 2.03. The number of aliphatic hydroxyl groups is 2. The first kappa shape index (κ1) is 11.0. The summed E-state index contributed by atoms with van der Waals surface area (Å²) >= 11 is 0. The van der Waals surface area contributed by atoms with Crippen molar-refractivity contribution >= 4 is 5.95 Å². The predicted molar refractivity (Wildman–Crippen MR) is 52.3 cm³/mol. The number of nitrogens with zero attached hydrogens (tertiary/aromatic N) is 3. The van der Waals surface area contributed by atoms with Crippen LogP contribution in [0.15, 0.2) is 11.1 Å². The molecule has 1 saturated heterocycles. The van der Waals surface area contributed by atoms with Crippen molar-refractivity contribution in [2.45, 2.75) is 24.9 Å². The molecule has 0 spiro atoms. The van der Waals surface area contributed by atoms with Gasteiger partial charge in [-0.05, 0) is 0 Å². The number of hydrogen-bond donors (Lipinski definition) is 3. The topological polar surface area (TPSA) is 123 Å². The molecule has 16 heavy (non-hydrogen) atoms. The third-order valence-corrected chi connectivity index (χ3v) is 2.40. The lowest BCUT2D eigenvalue weighted by atomic mass is 10.1. The first-order valence-corrected chi connectivity index (χ1v) is 4.76. The van der Waals surface area contributed by atoms with E-state index >= 15 is 0 Å². The zero-order chi connectivity index (χ0) is 11.7. The van der Waals surface area contributed by atoms with Crippen molar-refractivity contribution in [2.75, 3.05) is 12.3 Å². The Morgan fingerprint density at radius 3 is 2.88 bits per heavy atom. The Hall–Kier alpha value is -1.51. The smallest absolute Gasteiger partial charge is 0.354 e. The number of nitrogen functional groups attached to an aromatic ring is 1. The SMILES string of the molecule is [15NH2]c1[15n]c[15n]([C@H]2C[C@H](O)[C@H](O)CO2)c(=O)[15n]1. The fourth-order valence-corrected chi connectivity index (χ4v) is 1.50. The van der Waals surface area contributed by atoms with Crippen LogP contribution >= 0.6 is 0 Å². The van der Waals surface area contributed by atoms with E-state index in [9.17, 15) is 15.0 Å². The van der Waals surface area contributed by atoms with Crippen LogP contribution in [0.5, 0.6) is 0 Å². The van der Waals surface area contributed by atoms with Gasteiger partial charge in [-0.2, -0.15) is 4.98 Å². The normalized spacial score (nSPS) is 30.2. The lowest BCUT2D eigenvalue weighted by Crippen LogP contribution is -2.42. The van der Waals surface area contributed by atoms with Gasteiger partial charge in [0.15, 0.2) is 0 Å². The second-order valence-corrected chi connectivity index (χ2v) is 3.56. The first-order valence-electron chi connectivity index (χ1n) is 4.76. The summed E-state index contributed by atoms with van der Waals surface area (Å²) in [5.41, 5.74) is 4.64. The van der Waals surface area contributed by atoms with Crippen LogP contribution in [-0.4, -0.2) is 43.6 Å². The number of hydrogen-bond acceptors (Lipinski definition) is 7. The Labute approximate surface area is 90.3 Å². The third-order valence-electron chi connectivity index (χ3n) is 2.40. The summed E-state index contributed by atoms with van der Waals surface area (Å²) in [5.74, 6) is -0.113. The molecule has 1 aliphatic heterocycles. The number of aromatic nitrogens is 3. The van der Waals surface area contributed by atoms with Gasteiger partial charge in [0.25, 0.3) is 0 Å². The van der Waals surface area contributed by atoms with Crippen molar-refractivity contribution in [3.05, 3.63) is 16.8 Å². The predicted octanol–water partition coefficient (Wildman–Crippen LogP) is -2.14. The van der Waals surface area contributed by atoms with Crippen molar-refractivity contribution in [1.29, 1.82) is 0 Å². The molecule has 8 nitrogen and oxygen atoms in total. The summed E-state index contributed by atoms with van der Waals surface area (Å²) in [6.07, 6.45) is -1.22. The minimum Gasteiger partial charge on any atom is -0.390 e. The minimum atomic E-state index is -0.929. The van der Waals surface area contributed by atoms with Crippen LogP contribution in [0, 0.1) is 0 Å². The van der Waals surface area contributed by atoms with E-state index in [2.05, 4.69) is 9.97 Å². The molecule has 1 aliphatic rings. The maximum Gasteiger partial charge on any atom is 0.354 e. The molecular weight excluding hydrogens is 220 g/mol. The van der Waals surface area contributed by atoms with Crippen LogP contribution in [0.4, 0.5) is 5.95 Å². The van der Waals surface area contributed by atoms with E-state index in [1.165, 1.54) is 6.33 Å². The highest BCUT2D eigenvalue weighted by Gasteiger charge is 2.29. The molecule has 0 saturated carbocycles. The van der Waals surface area contributed by atoms with Gasteiger partial charge in [0.2, 0.25) is 5.95 Å². The average molecular weight is 232 g/mol. The van der Waals surface area contributed by atoms with Crippen LogP contribution < -0.4 is 11.4 Å². The highest BCUT2D eigenvalue weighted by Crippen LogP contribution is 2.21. The summed E-state index contributed by atoms with van der Waals surface area (Å²) in [7, 11) is 0. The fraction of sp³-hybridized carbons (Fsp3) is 0.625. The molecule has 3 atom stereocenters. The molecule has 2 heterocycles. The average Bonchev–Trinajstić information content (AvgIpc) is 2.22. The number of ether oxygens (including phenoxy) is 1. The van der Waals surface area contributed by atoms with Crippen molar-refractivity contribution < 1.29 is 14.9 Å². The van der Waals surface area contributed by atoms with Gasteiger partial charge in [0, 0.05) is 6.42 Å². The van der Waals surface area contributed by atoms with E-state index in [0.717, 1.165) is 4.57 Å². The molecular formula is C8H12N4O4. The maximum absolute atomic E-state index is 11.4. The molecule has 0 bridgehead atoms. The largest absolute Gasteiger partial charge is 0.390 e. The molecule has 1 aromatic rings. The molecule has 8 heteroatoms. The van der Waals surface area contributed by atoms with Crippen molar-refractivity contribution in [3.63, 3.8) is 0 Å². The van der Waals surface area contributed by atoms with E-state index in [1.54, 1.807) is 0 Å². The molecule has 1 fully saturated rings. The van der Waals surface area contributed by atoms with E-state index < -0.39 is 24.1 Å². The highest BCUT2D eigenvalue weighted by molar-refractivity contribution is 5.09. The molecule has 0 aromatic carbocycles. The zero-order valence-electron chi connectivity index (χ0n) is 8.35. The van der Waals surface area contributed by atoms with E-state index in [1.807, 2.05) is 0 Å². The minimum absolute atomic E-state index is 0.0390. The number of rotatable bonds is 1. The molecule has 88 valence electrons. The van der Waals surface area contributed by atoms with E-state index in [-0.39, 0.29) is 19.0 Å². The molecule has 2 rings (SSSR count). The lowest BCUT2D eigenvalue weighted by Gasteiger charge is -2.30. The summed E-state index contributed by atoms with van der Waals surface area (Å²) in [6, 6.07) is 0. The van der Waals surface area contributed by atoms with Crippen LogP contribution in [0.25, 0.3) is 0 Å². The monoisotopic (exact) mass is 232 g/mol. The fourth-order valence-electron chi connectivity index (χ4n) is 1.50. The van der Waals surface area contributed by atoms with Gasteiger partial charge >= 0.3 is 5.69 Å². The molecule has 4 N–H and O–H groups in total. The standard InChI is InChI=1S/C8H12N4O4/c9-7-10-3-12(8(15)11-7)6-1-4(13)5(14)2-16-6/h3-6,13-14H,1-2H2,(H2,9,11,15)/t4-,5+,6+/m0/s1/i9+1,10+1,11+1,12+1. The molecule has 0 unspecified atom stereocenters. The Kier molecular flexibility index (Phi) is 2.86. The van der Waals surface area contributed by atoms with Gasteiger partial charge in [0.05, 0.1) is 12.7 Å². The second-order valence-electron chi connectivity index (χ2n) is 3.56. The van der Waals surface area contributed by atoms with Crippen LogP contribution in [0.2, 0.25) is 0 Å². The Morgan fingerprint density at radius 1 is 1.50 bits per heavy atom. The van der Waals surface area contributed by atoms with Crippen molar-refractivity contribution in [1.82, 2.24) is 14.5 Å². The summed E-state index contributed by atoms with van der Waals surface area (Å²) in [6.45, 7) is -0.0390. The van der Waals surface area contributed by atoms with Crippen LogP contribution in [-0.2, 0) is 4.74 Å². The quantitative estimate of drug-likeness (QED) is 0.472. The van der Waals surface area contributed by atoms with E-state index in [4.69, 9.17) is 10.5 Å². The number of nitrogens with two attached hydrogens (primary N) is 1. The molecule has 0 amide bonds. The summed E-state index contributed by atoms with van der Waals surface area (Å²) in [5, 5.41) is 18.7. The van der Waals surface area contributed by atoms with Crippen molar-refractivity contribution in [2.24, 2.45) is 0 Å². The number of anilines is 1. The van der Waals surface area contributed by atoms with Gasteiger partial charge in [0.1, 0.15) is 18.7 Å².